The molecule has 100 valence electrons. The lowest BCUT2D eigenvalue weighted by Crippen LogP contribution is -2.06. The summed E-state index contributed by atoms with van der Waals surface area (Å²) in [6.07, 6.45) is 0.0971. The lowest BCUT2D eigenvalue weighted by Gasteiger charge is -2.16. The van der Waals surface area contributed by atoms with E-state index in [0.29, 0.717) is 11.4 Å². The standard InChI is InChI=1S/C16H16ClIO/c1-10-4-3-5-11(2)13(10)9-16(19)14-8-12(17)6-7-15(14)18/h3-8,16,19H,9H2,1-2H3. The van der Waals surface area contributed by atoms with Crippen LogP contribution in [-0.2, 0) is 6.42 Å². The van der Waals surface area contributed by atoms with Gasteiger partial charge in [0.05, 0.1) is 6.10 Å². The van der Waals surface area contributed by atoms with Crippen LogP contribution in [0.5, 0.6) is 0 Å². The Kier molecular flexibility index (Phi) is 4.87. The summed E-state index contributed by atoms with van der Waals surface area (Å²) >= 11 is 8.25. The number of benzene rings is 2. The van der Waals surface area contributed by atoms with E-state index in [9.17, 15) is 5.11 Å². The Balaban J connectivity index is 2.31. The molecule has 2 aromatic carbocycles. The molecule has 0 saturated carbocycles. The van der Waals surface area contributed by atoms with Crippen LogP contribution in [0, 0.1) is 17.4 Å². The van der Waals surface area contributed by atoms with Crippen molar-refractivity contribution >= 4 is 34.2 Å². The zero-order valence-electron chi connectivity index (χ0n) is 11.0. The number of aliphatic hydroxyl groups excluding tert-OH is 1. The van der Waals surface area contributed by atoms with E-state index in [2.05, 4.69) is 48.6 Å². The summed E-state index contributed by atoms with van der Waals surface area (Å²) < 4.78 is 1.04. The average molecular weight is 387 g/mol. The number of hydrogen-bond donors (Lipinski definition) is 1. The fraction of sp³-hybridized carbons (Fsp3) is 0.250. The zero-order valence-corrected chi connectivity index (χ0v) is 13.9. The van der Waals surface area contributed by atoms with Gasteiger partial charge in [0.25, 0.3) is 0 Å². The van der Waals surface area contributed by atoms with E-state index in [1.165, 1.54) is 16.7 Å². The monoisotopic (exact) mass is 386 g/mol. The summed E-state index contributed by atoms with van der Waals surface area (Å²) in [6, 6.07) is 11.8. The minimum atomic E-state index is -0.523. The smallest absolute Gasteiger partial charge is 0.0841 e. The SMILES string of the molecule is Cc1cccc(C)c1CC(O)c1cc(Cl)ccc1I. The molecule has 1 atom stereocenters. The lowest BCUT2D eigenvalue weighted by atomic mass is 9.95. The Morgan fingerprint density at radius 3 is 2.42 bits per heavy atom. The molecule has 0 aliphatic carbocycles. The second-order valence-electron chi connectivity index (χ2n) is 4.76. The summed E-state index contributed by atoms with van der Waals surface area (Å²) in [7, 11) is 0. The first kappa shape index (κ1) is 14.8. The predicted molar refractivity (Wildman–Crippen MR) is 88.7 cm³/mol. The Morgan fingerprint density at radius 1 is 1.16 bits per heavy atom. The van der Waals surface area contributed by atoms with E-state index in [4.69, 9.17) is 11.6 Å². The van der Waals surface area contributed by atoms with Crippen molar-refractivity contribution in [3.05, 3.63) is 67.2 Å². The Morgan fingerprint density at radius 2 is 1.79 bits per heavy atom. The molecule has 0 radical (unpaired) electrons. The summed E-state index contributed by atoms with van der Waals surface area (Å²) in [5.74, 6) is 0. The number of aryl methyl sites for hydroxylation is 2. The zero-order chi connectivity index (χ0) is 14.0. The highest BCUT2D eigenvalue weighted by molar-refractivity contribution is 14.1. The third-order valence-corrected chi connectivity index (χ3v) is 4.58. The van der Waals surface area contributed by atoms with E-state index < -0.39 is 6.10 Å². The van der Waals surface area contributed by atoms with Gasteiger partial charge in [0, 0.05) is 15.0 Å². The van der Waals surface area contributed by atoms with Crippen molar-refractivity contribution in [3.8, 4) is 0 Å². The van der Waals surface area contributed by atoms with Gasteiger partial charge in [-0.25, -0.2) is 0 Å². The second-order valence-corrected chi connectivity index (χ2v) is 6.35. The maximum Gasteiger partial charge on any atom is 0.0841 e. The fourth-order valence-corrected chi connectivity index (χ4v) is 3.12. The van der Waals surface area contributed by atoms with Crippen LogP contribution in [0.2, 0.25) is 5.02 Å². The summed E-state index contributed by atoms with van der Waals surface area (Å²) in [4.78, 5) is 0. The van der Waals surface area contributed by atoms with Crippen molar-refractivity contribution in [2.75, 3.05) is 0 Å². The van der Waals surface area contributed by atoms with Gasteiger partial charge in [-0.3, -0.25) is 0 Å². The molecule has 0 spiro atoms. The van der Waals surface area contributed by atoms with Crippen molar-refractivity contribution in [1.29, 1.82) is 0 Å². The lowest BCUT2D eigenvalue weighted by molar-refractivity contribution is 0.177. The molecule has 0 amide bonds. The first-order valence-corrected chi connectivity index (χ1v) is 7.63. The summed E-state index contributed by atoms with van der Waals surface area (Å²) in [6.45, 7) is 4.16. The van der Waals surface area contributed by atoms with Crippen molar-refractivity contribution < 1.29 is 5.11 Å². The highest BCUT2D eigenvalue weighted by Crippen LogP contribution is 2.28. The molecule has 19 heavy (non-hydrogen) atoms. The number of hydrogen-bond acceptors (Lipinski definition) is 1. The van der Waals surface area contributed by atoms with E-state index in [-0.39, 0.29) is 0 Å². The van der Waals surface area contributed by atoms with Gasteiger partial charge >= 0.3 is 0 Å². The van der Waals surface area contributed by atoms with E-state index in [0.717, 1.165) is 9.13 Å². The van der Waals surface area contributed by atoms with Gasteiger partial charge in [-0.15, -0.1) is 0 Å². The predicted octanol–water partition coefficient (Wildman–Crippen LogP) is 4.84. The highest BCUT2D eigenvalue weighted by atomic mass is 127. The second kappa shape index (κ2) is 6.25. The Labute approximate surface area is 132 Å². The Bertz CT molecular complexity index is 575. The normalized spacial score (nSPS) is 12.5. The van der Waals surface area contributed by atoms with Crippen LogP contribution in [0.4, 0.5) is 0 Å². The van der Waals surface area contributed by atoms with E-state index >= 15 is 0 Å². The minimum absolute atomic E-state index is 0.523. The van der Waals surface area contributed by atoms with Crippen LogP contribution in [0.1, 0.15) is 28.4 Å². The highest BCUT2D eigenvalue weighted by Gasteiger charge is 2.15. The van der Waals surface area contributed by atoms with Crippen LogP contribution < -0.4 is 0 Å². The molecule has 0 fully saturated rings. The maximum atomic E-state index is 10.5. The molecule has 0 heterocycles. The summed E-state index contributed by atoms with van der Waals surface area (Å²) in [5, 5.41) is 11.1. The van der Waals surface area contributed by atoms with Crippen molar-refractivity contribution in [2.45, 2.75) is 26.4 Å². The molecule has 2 rings (SSSR count). The van der Waals surface area contributed by atoms with Crippen molar-refractivity contribution in [1.82, 2.24) is 0 Å². The van der Waals surface area contributed by atoms with Gasteiger partial charge in [0.15, 0.2) is 0 Å². The number of aliphatic hydroxyl groups is 1. The average Bonchev–Trinajstić information content (AvgIpc) is 2.37. The largest absolute Gasteiger partial charge is 0.388 e. The molecule has 1 unspecified atom stereocenters. The topological polar surface area (TPSA) is 20.2 Å². The first-order valence-electron chi connectivity index (χ1n) is 6.17. The number of halogens is 2. The fourth-order valence-electron chi connectivity index (χ4n) is 2.24. The first-order chi connectivity index (χ1) is 8.99. The van der Waals surface area contributed by atoms with Crippen molar-refractivity contribution in [3.63, 3.8) is 0 Å². The Hall–Kier alpha value is -0.580. The molecule has 1 N–H and O–H groups in total. The third-order valence-electron chi connectivity index (χ3n) is 3.36. The molecule has 0 bridgehead atoms. The van der Waals surface area contributed by atoms with Crippen LogP contribution in [0.15, 0.2) is 36.4 Å². The molecular weight excluding hydrogens is 371 g/mol. The van der Waals surface area contributed by atoms with Crippen LogP contribution in [0.25, 0.3) is 0 Å². The van der Waals surface area contributed by atoms with E-state index in [1.807, 2.05) is 24.3 Å². The van der Waals surface area contributed by atoms with Gasteiger partial charge in [-0.1, -0.05) is 29.8 Å². The van der Waals surface area contributed by atoms with Crippen LogP contribution in [0.3, 0.4) is 0 Å². The molecule has 1 nitrogen and oxygen atoms in total. The molecule has 3 heteroatoms. The summed E-state index contributed by atoms with van der Waals surface area (Å²) in [5.41, 5.74) is 4.55. The quantitative estimate of drug-likeness (QED) is 0.749. The molecule has 0 aliphatic heterocycles. The van der Waals surface area contributed by atoms with Gasteiger partial charge in [0.1, 0.15) is 0 Å². The van der Waals surface area contributed by atoms with Gasteiger partial charge in [0.2, 0.25) is 0 Å². The minimum Gasteiger partial charge on any atom is -0.388 e. The third kappa shape index (κ3) is 3.50. The van der Waals surface area contributed by atoms with Gasteiger partial charge in [-0.05, 0) is 76.9 Å². The van der Waals surface area contributed by atoms with Crippen LogP contribution in [-0.4, -0.2) is 5.11 Å². The maximum absolute atomic E-state index is 10.5. The molecule has 2 aromatic rings. The molecular formula is C16H16ClIO. The van der Waals surface area contributed by atoms with Gasteiger partial charge in [-0.2, -0.15) is 0 Å². The molecule has 0 saturated heterocycles. The van der Waals surface area contributed by atoms with Crippen LogP contribution >= 0.6 is 34.2 Å². The molecule has 0 aromatic heterocycles. The van der Waals surface area contributed by atoms with E-state index in [1.54, 1.807) is 0 Å². The van der Waals surface area contributed by atoms with Gasteiger partial charge < -0.3 is 5.11 Å². The number of rotatable bonds is 3. The van der Waals surface area contributed by atoms with Crippen molar-refractivity contribution in [2.24, 2.45) is 0 Å². The molecule has 0 aliphatic rings.